The van der Waals surface area contributed by atoms with Gasteiger partial charge in [-0.1, -0.05) is 29.8 Å². The summed E-state index contributed by atoms with van der Waals surface area (Å²) in [7, 11) is 0. The van der Waals surface area contributed by atoms with Crippen LogP contribution in [0.5, 0.6) is 0 Å². The van der Waals surface area contributed by atoms with Gasteiger partial charge in [0.05, 0.1) is 18.3 Å². The van der Waals surface area contributed by atoms with Crippen LogP contribution in [-0.2, 0) is 18.0 Å². The van der Waals surface area contributed by atoms with E-state index < -0.39 is 11.4 Å². The molecule has 2 aromatic carbocycles. The van der Waals surface area contributed by atoms with Crippen LogP contribution in [-0.4, -0.2) is 13.6 Å². The predicted molar refractivity (Wildman–Crippen MR) is 85.6 cm³/mol. The average molecular weight is 299 g/mol. The third-order valence-electron chi connectivity index (χ3n) is 3.62. The van der Waals surface area contributed by atoms with Crippen molar-refractivity contribution < 1.29 is 9.66 Å². The monoisotopic (exact) mass is 299 g/mol. The van der Waals surface area contributed by atoms with E-state index in [-0.39, 0.29) is 6.61 Å². The van der Waals surface area contributed by atoms with Crippen molar-refractivity contribution in [1.82, 2.24) is 3.97 Å². The second kappa shape index (κ2) is 5.56. The Morgan fingerprint density at radius 3 is 2.48 bits per heavy atom. The Bertz CT molecular complexity index is 777. The number of aliphatic hydroxyl groups excluding tert-OH is 1. The smallest absolute Gasteiger partial charge is 0.180 e. The molecule has 1 heterocycles. The average Bonchev–Trinajstić information content (AvgIpc) is 2.84. The molecular formula is C17H17NO2S. The number of nitrogens with zero attached hydrogens (tertiary/aromatic N) is 1. The summed E-state index contributed by atoms with van der Waals surface area (Å²) in [5, 5.41) is 10.4. The molecule has 1 unspecified atom stereocenters. The van der Waals surface area contributed by atoms with Gasteiger partial charge in [-0.15, -0.1) is 0 Å². The standard InChI is InChI=1S/C17H17NO2S/c1-12-3-6-15(7-4-12)21(20)18-10-13(2)16-8-5-14(11-19)9-17(16)18/h3-10,19H,11H2,1-2H3. The molecule has 3 aromatic rings. The van der Waals surface area contributed by atoms with E-state index in [1.165, 1.54) is 0 Å². The number of benzene rings is 2. The van der Waals surface area contributed by atoms with Crippen LogP contribution >= 0.6 is 0 Å². The minimum Gasteiger partial charge on any atom is -0.587 e. The van der Waals surface area contributed by atoms with Crippen LogP contribution in [0.3, 0.4) is 0 Å². The SMILES string of the molecule is Cc1ccc([S+]([O-])n2cc(C)c3ccc(CO)cc32)cc1. The van der Waals surface area contributed by atoms with Crippen LogP contribution < -0.4 is 0 Å². The normalized spacial score (nSPS) is 12.8. The Kier molecular flexibility index (Phi) is 3.76. The van der Waals surface area contributed by atoms with Gasteiger partial charge in [0, 0.05) is 5.39 Å². The van der Waals surface area contributed by atoms with Crippen LogP contribution in [0, 0.1) is 13.8 Å². The number of fused-ring (bicyclic) bond motifs is 1. The van der Waals surface area contributed by atoms with Crippen LogP contribution in [0.4, 0.5) is 0 Å². The molecule has 0 bridgehead atoms. The number of aryl methyl sites for hydroxylation is 2. The van der Waals surface area contributed by atoms with E-state index in [1.54, 1.807) is 3.97 Å². The molecule has 21 heavy (non-hydrogen) atoms. The minimum atomic E-state index is -1.28. The fraction of sp³-hybridized carbons (Fsp3) is 0.176. The lowest BCUT2D eigenvalue weighted by Gasteiger charge is -2.11. The quantitative estimate of drug-likeness (QED) is 0.754. The molecule has 1 aromatic heterocycles. The largest absolute Gasteiger partial charge is 0.587 e. The number of hydrogen-bond acceptors (Lipinski definition) is 2. The van der Waals surface area contributed by atoms with E-state index in [0.717, 1.165) is 32.5 Å². The molecule has 0 amide bonds. The van der Waals surface area contributed by atoms with E-state index in [4.69, 9.17) is 0 Å². The summed E-state index contributed by atoms with van der Waals surface area (Å²) in [5.41, 5.74) is 3.93. The Morgan fingerprint density at radius 2 is 1.81 bits per heavy atom. The van der Waals surface area contributed by atoms with Crippen molar-refractivity contribution >= 4 is 22.3 Å². The number of hydrogen-bond donors (Lipinski definition) is 1. The zero-order chi connectivity index (χ0) is 15.0. The lowest BCUT2D eigenvalue weighted by molar-refractivity contribution is 0.282. The molecule has 4 heteroatoms. The first-order valence-electron chi connectivity index (χ1n) is 6.80. The first-order chi connectivity index (χ1) is 10.1. The summed E-state index contributed by atoms with van der Waals surface area (Å²) in [5.74, 6) is 0. The molecule has 108 valence electrons. The minimum absolute atomic E-state index is 0.0165. The van der Waals surface area contributed by atoms with Crippen LogP contribution in [0.25, 0.3) is 10.9 Å². The number of rotatable bonds is 3. The van der Waals surface area contributed by atoms with Crippen molar-refractivity contribution in [3.63, 3.8) is 0 Å². The Hall–Kier alpha value is -1.75. The van der Waals surface area contributed by atoms with Gasteiger partial charge >= 0.3 is 0 Å². The summed E-state index contributed by atoms with van der Waals surface area (Å²) in [6, 6.07) is 13.5. The molecule has 1 N–H and O–H groups in total. The third kappa shape index (κ3) is 2.58. The summed E-state index contributed by atoms with van der Waals surface area (Å²) in [6.07, 6.45) is 1.90. The molecule has 3 rings (SSSR count). The number of aliphatic hydroxyl groups is 1. The maximum atomic E-state index is 12.8. The lowest BCUT2D eigenvalue weighted by atomic mass is 10.1. The summed E-state index contributed by atoms with van der Waals surface area (Å²) >= 11 is -1.28. The molecule has 0 saturated heterocycles. The highest BCUT2D eigenvalue weighted by Crippen LogP contribution is 2.26. The van der Waals surface area contributed by atoms with Gasteiger partial charge in [0.25, 0.3) is 0 Å². The molecule has 0 fully saturated rings. The molecule has 0 radical (unpaired) electrons. The molecular weight excluding hydrogens is 282 g/mol. The summed E-state index contributed by atoms with van der Waals surface area (Å²) in [6.45, 7) is 4.00. The van der Waals surface area contributed by atoms with Gasteiger partial charge in [-0.2, -0.15) is 3.97 Å². The fourth-order valence-corrected chi connectivity index (χ4v) is 3.59. The van der Waals surface area contributed by atoms with Crippen molar-refractivity contribution in [2.45, 2.75) is 25.3 Å². The number of aromatic nitrogens is 1. The van der Waals surface area contributed by atoms with Crippen LogP contribution in [0.15, 0.2) is 53.6 Å². The van der Waals surface area contributed by atoms with E-state index in [2.05, 4.69) is 0 Å². The van der Waals surface area contributed by atoms with E-state index in [9.17, 15) is 9.66 Å². The van der Waals surface area contributed by atoms with E-state index in [0.29, 0.717) is 0 Å². The summed E-state index contributed by atoms with van der Waals surface area (Å²) < 4.78 is 14.6. The predicted octanol–water partition coefficient (Wildman–Crippen LogP) is 3.32. The van der Waals surface area contributed by atoms with Crippen LogP contribution in [0.2, 0.25) is 0 Å². The van der Waals surface area contributed by atoms with Gasteiger partial charge in [-0.25, -0.2) is 0 Å². The highest BCUT2D eigenvalue weighted by molar-refractivity contribution is 7.90. The van der Waals surface area contributed by atoms with Crippen molar-refractivity contribution in [3.05, 3.63) is 65.4 Å². The van der Waals surface area contributed by atoms with Crippen molar-refractivity contribution in [2.75, 3.05) is 0 Å². The molecule has 0 saturated carbocycles. The maximum absolute atomic E-state index is 12.8. The lowest BCUT2D eigenvalue weighted by Crippen LogP contribution is -2.12. The zero-order valence-corrected chi connectivity index (χ0v) is 12.9. The third-order valence-corrected chi connectivity index (χ3v) is 4.95. The summed E-state index contributed by atoms with van der Waals surface area (Å²) in [4.78, 5) is 0.770. The first kappa shape index (κ1) is 14.2. The highest BCUT2D eigenvalue weighted by atomic mass is 32.2. The Labute approximate surface area is 127 Å². The second-order valence-corrected chi connectivity index (χ2v) is 6.57. The van der Waals surface area contributed by atoms with Gasteiger partial charge in [-0.05, 0) is 43.2 Å². The Morgan fingerprint density at radius 1 is 1.10 bits per heavy atom. The van der Waals surface area contributed by atoms with Gasteiger partial charge in [0.2, 0.25) is 0 Å². The first-order valence-corrected chi connectivity index (χ1v) is 7.91. The van der Waals surface area contributed by atoms with Gasteiger partial charge in [0.15, 0.2) is 4.90 Å². The molecule has 0 aliphatic rings. The van der Waals surface area contributed by atoms with E-state index >= 15 is 0 Å². The highest BCUT2D eigenvalue weighted by Gasteiger charge is 2.18. The molecule has 1 atom stereocenters. The van der Waals surface area contributed by atoms with Crippen LogP contribution in [0.1, 0.15) is 16.7 Å². The van der Waals surface area contributed by atoms with Gasteiger partial charge in [-0.3, -0.25) is 0 Å². The molecule has 0 spiro atoms. The molecule has 0 aliphatic heterocycles. The zero-order valence-electron chi connectivity index (χ0n) is 12.0. The van der Waals surface area contributed by atoms with Crippen molar-refractivity contribution in [1.29, 1.82) is 0 Å². The van der Waals surface area contributed by atoms with Crippen molar-refractivity contribution in [3.8, 4) is 0 Å². The van der Waals surface area contributed by atoms with E-state index in [1.807, 2.05) is 62.5 Å². The Balaban J connectivity index is 2.12. The molecule has 0 aliphatic carbocycles. The van der Waals surface area contributed by atoms with Gasteiger partial charge in [0.1, 0.15) is 11.4 Å². The second-order valence-electron chi connectivity index (χ2n) is 5.21. The maximum Gasteiger partial charge on any atom is 0.180 e. The molecule has 3 nitrogen and oxygen atoms in total. The fourth-order valence-electron chi connectivity index (χ4n) is 2.41. The van der Waals surface area contributed by atoms with Crippen molar-refractivity contribution in [2.24, 2.45) is 0 Å². The topological polar surface area (TPSA) is 48.2 Å². The van der Waals surface area contributed by atoms with Gasteiger partial charge < -0.3 is 9.66 Å².